The van der Waals surface area contributed by atoms with E-state index in [4.69, 9.17) is 4.74 Å². The molecule has 0 aliphatic carbocycles. The molecule has 0 amide bonds. The van der Waals surface area contributed by atoms with Crippen LogP contribution in [0.1, 0.15) is 38.2 Å². The maximum atomic E-state index is 5.32. The first-order valence-electron chi connectivity index (χ1n) is 5.92. The number of rotatable bonds is 3. The molecule has 1 aliphatic rings. The van der Waals surface area contributed by atoms with Crippen LogP contribution in [-0.4, -0.2) is 29.5 Å². The van der Waals surface area contributed by atoms with Crippen molar-refractivity contribution in [1.29, 1.82) is 0 Å². The summed E-state index contributed by atoms with van der Waals surface area (Å²) in [5.74, 6) is 1.38. The molecule has 2 rings (SSSR count). The topological polar surface area (TPSA) is 47.0 Å². The summed E-state index contributed by atoms with van der Waals surface area (Å²) < 4.78 is 5.32. The van der Waals surface area contributed by atoms with Gasteiger partial charge in [-0.15, -0.1) is 5.10 Å². The predicted octanol–water partition coefficient (Wildman–Crippen LogP) is 2.19. The molecule has 0 bridgehead atoms. The van der Waals surface area contributed by atoms with E-state index in [1.165, 1.54) is 5.56 Å². The molecular weight excluding hydrogens is 202 g/mol. The lowest BCUT2D eigenvalue weighted by Gasteiger charge is -2.23. The number of hydrogen-bond acceptors (Lipinski definition) is 4. The monoisotopic (exact) mass is 221 g/mol. The van der Waals surface area contributed by atoms with E-state index in [-0.39, 0.29) is 0 Å². The summed E-state index contributed by atoms with van der Waals surface area (Å²) in [6, 6.07) is 2.57. The largest absolute Gasteiger partial charge is 0.381 e. The fourth-order valence-electron chi connectivity index (χ4n) is 1.82. The van der Waals surface area contributed by atoms with Crippen molar-refractivity contribution in [2.45, 2.75) is 38.6 Å². The van der Waals surface area contributed by atoms with E-state index in [2.05, 4.69) is 35.4 Å². The third kappa shape index (κ3) is 2.92. The summed E-state index contributed by atoms with van der Waals surface area (Å²) in [7, 11) is 0. The Morgan fingerprint density at radius 1 is 1.38 bits per heavy atom. The zero-order chi connectivity index (χ0) is 11.4. The minimum absolute atomic E-state index is 0.477. The van der Waals surface area contributed by atoms with Crippen LogP contribution in [0.25, 0.3) is 0 Å². The van der Waals surface area contributed by atoms with Crippen LogP contribution in [0, 0.1) is 0 Å². The summed E-state index contributed by atoms with van der Waals surface area (Å²) in [5, 5.41) is 11.6. The fourth-order valence-corrected chi connectivity index (χ4v) is 1.82. The van der Waals surface area contributed by atoms with Gasteiger partial charge in [0.15, 0.2) is 0 Å². The quantitative estimate of drug-likeness (QED) is 0.850. The molecule has 2 heterocycles. The summed E-state index contributed by atoms with van der Waals surface area (Å²) in [6.07, 6.45) is 3.93. The zero-order valence-electron chi connectivity index (χ0n) is 9.94. The van der Waals surface area contributed by atoms with Crippen molar-refractivity contribution in [3.63, 3.8) is 0 Å². The highest BCUT2D eigenvalue weighted by molar-refractivity contribution is 5.37. The van der Waals surface area contributed by atoms with Crippen LogP contribution in [0.4, 0.5) is 5.82 Å². The Morgan fingerprint density at radius 3 is 2.81 bits per heavy atom. The summed E-state index contributed by atoms with van der Waals surface area (Å²) in [6.45, 7) is 6.01. The fraction of sp³-hybridized carbons (Fsp3) is 0.667. The minimum atomic E-state index is 0.477. The molecule has 1 aromatic heterocycles. The Bertz CT molecular complexity index is 335. The first-order valence-corrected chi connectivity index (χ1v) is 5.92. The summed E-state index contributed by atoms with van der Waals surface area (Å²) >= 11 is 0. The average Bonchev–Trinajstić information content (AvgIpc) is 2.30. The van der Waals surface area contributed by atoms with E-state index in [1.807, 2.05) is 6.20 Å². The molecule has 4 heteroatoms. The second-order valence-corrected chi connectivity index (χ2v) is 4.56. The Labute approximate surface area is 96.4 Å². The molecule has 0 spiro atoms. The number of aromatic nitrogens is 2. The van der Waals surface area contributed by atoms with E-state index in [9.17, 15) is 0 Å². The molecular formula is C12H19N3O. The molecule has 88 valence electrons. The van der Waals surface area contributed by atoms with Crippen LogP contribution in [0.2, 0.25) is 0 Å². The lowest BCUT2D eigenvalue weighted by molar-refractivity contribution is 0.0903. The van der Waals surface area contributed by atoms with Gasteiger partial charge in [-0.2, -0.15) is 5.10 Å². The number of anilines is 1. The van der Waals surface area contributed by atoms with Crippen LogP contribution < -0.4 is 5.32 Å². The van der Waals surface area contributed by atoms with E-state index in [0.29, 0.717) is 12.0 Å². The second kappa shape index (κ2) is 5.25. The first-order chi connectivity index (χ1) is 7.75. The highest BCUT2D eigenvalue weighted by Gasteiger charge is 2.14. The molecule has 0 saturated carbocycles. The highest BCUT2D eigenvalue weighted by Crippen LogP contribution is 2.17. The first kappa shape index (κ1) is 11.3. The molecule has 1 N–H and O–H groups in total. The number of nitrogens with zero attached hydrogens (tertiary/aromatic N) is 2. The highest BCUT2D eigenvalue weighted by atomic mass is 16.5. The van der Waals surface area contributed by atoms with Crippen molar-refractivity contribution in [3.05, 3.63) is 17.8 Å². The van der Waals surface area contributed by atoms with Gasteiger partial charge in [-0.05, 0) is 30.4 Å². The number of hydrogen-bond donors (Lipinski definition) is 1. The normalized spacial score (nSPS) is 17.7. The lowest BCUT2D eigenvalue weighted by atomic mass is 10.1. The van der Waals surface area contributed by atoms with Crippen LogP contribution >= 0.6 is 0 Å². The van der Waals surface area contributed by atoms with Crippen molar-refractivity contribution >= 4 is 5.82 Å². The van der Waals surface area contributed by atoms with E-state index in [1.54, 1.807) is 0 Å². The van der Waals surface area contributed by atoms with E-state index in [0.717, 1.165) is 31.9 Å². The number of nitrogens with one attached hydrogen (secondary N) is 1. The molecule has 16 heavy (non-hydrogen) atoms. The van der Waals surface area contributed by atoms with Gasteiger partial charge in [0.2, 0.25) is 0 Å². The smallest absolute Gasteiger partial charge is 0.149 e. The Morgan fingerprint density at radius 2 is 2.12 bits per heavy atom. The van der Waals surface area contributed by atoms with Gasteiger partial charge in [0.1, 0.15) is 5.82 Å². The van der Waals surface area contributed by atoms with Gasteiger partial charge in [0.25, 0.3) is 0 Å². The third-order valence-electron chi connectivity index (χ3n) is 2.92. The van der Waals surface area contributed by atoms with Gasteiger partial charge in [0, 0.05) is 19.3 Å². The molecule has 0 atom stereocenters. The summed E-state index contributed by atoms with van der Waals surface area (Å²) in [5.41, 5.74) is 1.23. The van der Waals surface area contributed by atoms with E-state index >= 15 is 0 Å². The van der Waals surface area contributed by atoms with Crippen molar-refractivity contribution in [2.75, 3.05) is 18.5 Å². The molecule has 4 nitrogen and oxygen atoms in total. The molecule has 0 unspecified atom stereocenters. The maximum Gasteiger partial charge on any atom is 0.149 e. The standard InChI is InChI=1S/C12H19N3O/c1-9(2)10-7-12(15-13-8-10)14-11-3-5-16-6-4-11/h7-9,11H,3-6H2,1-2H3,(H,14,15). The van der Waals surface area contributed by atoms with Gasteiger partial charge < -0.3 is 10.1 Å². The van der Waals surface area contributed by atoms with Gasteiger partial charge in [-0.1, -0.05) is 13.8 Å². The second-order valence-electron chi connectivity index (χ2n) is 4.56. The van der Waals surface area contributed by atoms with E-state index < -0.39 is 0 Å². The Kier molecular flexibility index (Phi) is 3.72. The van der Waals surface area contributed by atoms with Crippen molar-refractivity contribution in [1.82, 2.24) is 10.2 Å². The summed E-state index contributed by atoms with van der Waals surface area (Å²) in [4.78, 5) is 0. The van der Waals surface area contributed by atoms with Crippen LogP contribution in [0.5, 0.6) is 0 Å². The molecule has 1 saturated heterocycles. The van der Waals surface area contributed by atoms with Gasteiger partial charge >= 0.3 is 0 Å². The van der Waals surface area contributed by atoms with Crippen LogP contribution in [0.3, 0.4) is 0 Å². The maximum absolute atomic E-state index is 5.32. The average molecular weight is 221 g/mol. The molecule has 1 aromatic rings. The van der Waals surface area contributed by atoms with Gasteiger partial charge in [-0.3, -0.25) is 0 Å². The predicted molar refractivity (Wildman–Crippen MR) is 63.6 cm³/mol. The van der Waals surface area contributed by atoms with Crippen LogP contribution in [0.15, 0.2) is 12.3 Å². The lowest BCUT2D eigenvalue weighted by Crippen LogP contribution is -2.28. The molecule has 0 aromatic carbocycles. The van der Waals surface area contributed by atoms with Crippen molar-refractivity contribution in [2.24, 2.45) is 0 Å². The zero-order valence-corrected chi connectivity index (χ0v) is 9.94. The Balaban J connectivity index is 2.00. The SMILES string of the molecule is CC(C)c1cnnc(NC2CCOCC2)c1. The minimum Gasteiger partial charge on any atom is -0.381 e. The third-order valence-corrected chi connectivity index (χ3v) is 2.92. The van der Waals surface area contributed by atoms with Crippen LogP contribution in [-0.2, 0) is 4.74 Å². The molecule has 1 aliphatic heterocycles. The molecule has 0 radical (unpaired) electrons. The Hall–Kier alpha value is -1.16. The number of ether oxygens (including phenoxy) is 1. The van der Waals surface area contributed by atoms with Gasteiger partial charge in [-0.25, -0.2) is 0 Å². The molecule has 1 fully saturated rings. The van der Waals surface area contributed by atoms with Crippen molar-refractivity contribution in [3.8, 4) is 0 Å². The van der Waals surface area contributed by atoms with Crippen molar-refractivity contribution < 1.29 is 4.74 Å². The van der Waals surface area contributed by atoms with Gasteiger partial charge in [0.05, 0.1) is 6.20 Å².